The number of amidine groups is 1. The van der Waals surface area contributed by atoms with Crippen LogP contribution in [0.2, 0.25) is 0 Å². The number of oxime groups is 1. The lowest BCUT2D eigenvalue weighted by atomic mass is 9.80. The van der Waals surface area contributed by atoms with Crippen LogP contribution in [0.1, 0.15) is 45.1 Å². The van der Waals surface area contributed by atoms with Crippen molar-refractivity contribution in [1.82, 2.24) is 9.55 Å². The predicted molar refractivity (Wildman–Crippen MR) is 199 cm³/mol. The number of fused-ring (bicyclic) bond motifs is 1. The van der Waals surface area contributed by atoms with Crippen LogP contribution in [0.15, 0.2) is 163 Å². The second-order valence-corrected chi connectivity index (χ2v) is 12.0. The molecule has 8 nitrogen and oxygen atoms in total. The maximum absolute atomic E-state index is 14.7. The Balaban J connectivity index is 1.32. The molecule has 3 N–H and O–H groups in total. The van der Waals surface area contributed by atoms with Gasteiger partial charge >= 0.3 is 5.97 Å². The lowest BCUT2D eigenvalue weighted by Gasteiger charge is -2.35. The number of carbonyl (C=O) groups is 1. The average molecular weight is 673 g/mol. The highest BCUT2D eigenvalue weighted by molar-refractivity contribution is 6.04. The molecule has 0 fully saturated rings. The first-order valence-corrected chi connectivity index (χ1v) is 16.7. The van der Waals surface area contributed by atoms with E-state index in [0.717, 1.165) is 33.4 Å². The van der Waals surface area contributed by atoms with Gasteiger partial charge in [0.2, 0.25) is 0 Å². The number of nitrogens with zero attached hydrogens (tertiary/aromatic N) is 3. The minimum absolute atomic E-state index is 0.0381. The Labute approximate surface area is 296 Å². The summed E-state index contributed by atoms with van der Waals surface area (Å²) in [6.45, 7) is 2.67. The molecular formula is C43H36N4O4. The Morgan fingerprint density at radius 1 is 0.725 bits per heavy atom. The molecule has 1 heterocycles. The minimum Gasteiger partial charge on any atom is -0.465 e. The zero-order valence-corrected chi connectivity index (χ0v) is 28.0. The molecule has 7 aromatic rings. The summed E-state index contributed by atoms with van der Waals surface area (Å²) in [5, 5.41) is 12.5. The summed E-state index contributed by atoms with van der Waals surface area (Å²) in [6, 6.07) is 50.8. The number of hydrogen-bond donors (Lipinski definition) is 2. The summed E-state index contributed by atoms with van der Waals surface area (Å²) in [5.41, 5.74) is 12.1. The van der Waals surface area contributed by atoms with Gasteiger partial charge in [-0.15, -0.1) is 0 Å². The van der Waals surface area contributed by atoms with Crippen molar-refractivity contribution in [2.24, 2.45) is 10.9 Å². The summed E-state index contributed by atoms with van der Waals surface area (Å²) in [5.74, 6) is -0.465. The quantitative estimate of drug-likeness (QED) is 0.0357. The number of carbonyl (C=O) groups excluding carboxylic acids is 1. The minimum atomic E-state index is -1.24. The number of esters is 1. The monoisotopic (exact) mass is 672 g/mol. The van der Waals surface area contributed by atoms with Gasteiger partial charge in [-0.3, -0.25) is 4.57 Å². The molecule has 0 spiro atoms. The SMILES string of the molecule is CCOc1nc2cccc(C(=O)OC(c3ccccc3)(c3ccccc3)c3ccccc3)c2n1Cc1ccc(-c2ccccc2/C(N)=N/O)cc1. The van der Waals surface area contributed by atoms with Crippen LogP contribution >= 0.6 is 0 Å². The highest BCUT2D eigenvalue weighted by Gasteiger charge is 2.41. The molecule has 0 bridgehead atoms. The molecule has 1 aromatic heterocycles. The molecule has 8 heteroatoms. The molecule has 0 aliphatic carbocycles. The van der Waals surface area contributed by atoms with Crippen molar-refractivity contribution in [3.05, 3.63) is 191 Å². The lowest BCUT2D eigenvalue weighted by Crippen LogP contribution is -2.35. The van der Waals surface area contributed by atoms with Gasteiger partial charge in [0, 0.05) is 22.3 Å². The number of nitrogens with two attached hydrogens (primary N) is 1. The van der Waals surface area contributed by atoms with Crippen molar-refractivity contribution in [2.45, 2.75) is 19.1 Å². The first kappa shape index (κ1) is 32.9. The Bertz CT molecular complexity index is 2210. The molecule has 6 aromatic carbocycles. The fourth-order valence-electron chi connectivity index (χ4n) is 6.59. The van der Waals surface area contributed by atoms with Crippen LogP contribution in [-0.4, -0.2) is 33.2 Å². The van der Waals surface area contributed by atoms with Crippen molar-refractivity contribution in [3.63, 3.8) is 0 Å². The molecule has 252 valence electrons. The molecule has 0 aliphatic heterocycles. The summed E-state index contributed by atoms with van der Waals surface area (Å²) >= 11 is 0. The zero-order valence-electron chi connectivity index (χ0n) is 28.0. The molecule has 0 unspecified atom stereocenters. The lowest BCUT2D eigenvalue weighted by molar-refractivity contribution is 0.0143. The van der Waals surface area contributed by atoms with Crippen LogP contribution in [0.4, 0.5) is 0 Å². The molecule has 7 rings (SSSR count). The highest BCUT2D eigenvalue weighted by atomic mass is 16.6. The number of ether oxygens (including phenoxy) is 2. The third-order valence-electron chi connectivity index (χ3n) is 8.93. The molecule has 51 heavy (non-hydrogen) atoms. The second kappa shape index (κ2) is 14.4. The van der Waals surface area contributed by atoms with Crippen molar-refractivity contribution in [2.75, 3.05) is 6.61 Å². The maximum Gasteiger partial charge on any atom is 0.341 e. The van der Waals surface area contributed by atoms with E-state index >= 15 is 0 Å². The molecule has 0 saturated heterocycles. The van der Waals surface area contributed by atoms with E-state index < -0.39 is 11.6 Å². The van der Waals surface area contributed by atoms with Crippen molar-refractivity contribution >= 4 is 22.8 Å². The van der Waals surface area contributed by atoms with Crippen molar-refractivity contribution in [3.8, 4) is 17.1 Å². The Morgan fingerprint density at radius 2 is 1.27 bits per heavy atom. The van der Waals surface area contributed by atoms with Gasteiger partial charge in [-0.25, -0.2) is 4.79 Å². The zero-order chi connectivity index (χ0) is 35.2. The van der Waals surface area contributed by atoms with Gasteiger partial charge in [0.1, 0.15) is 0 Å². The van der Waals surface area contributed by atoms with Crippen LogP contribution in [0.3, 0.4) is 0 Å². The molecular weight excluding hydrogens is 636 g/mol. The van der Waals surface area contributed by atoms with E-state index in [-0.39, 0.29) is 5.84 Å². The number of para-hydroxylation sites is 1. The number of benzene rings is 6. The van der Waals surface area contributed by atoms with E-state index in [4.69, 9.17) is 20.2 Å². The summed E-state index contributed by atoms with van der Waals surface area (Å²) in [4.78, 5) is 19.5. The molecule has 0 atom stereocenters. The Kier molecular flexibility index (Phi) is 9.30. The molecule has 0 amide bonds. The second-order valence-electron chi connectivity index (χ2n) is 12.0. The Hall–Kier alpha value is -6.67. The predicted octanol–water partition coefficient (Wildman–Crippen LogP) is 8.39. The van der Waals surface area contributed by atoms with Gasteiger partial charge in [-0.1, -0.05) is 151 Å². The van der Waals surface area contributed by atoms with Crippen LogP contribution < -0.4 is 10.5 Å². The van der Waals surface area contributed by atoms with Crippen LogP contribution in [0.5, 0.6) is 6.01 Å². The van der Waals surface area contributed by atoms with E-state index in [0.29, 0.717) is 41.3 Å². The van der Waals surface area contributed by atoms with Crippen LogP contribution in [0, 0.1) is 0 Å². The van der Waals surface area contributed by atoms with E-state index in [1.807, 2.05) is 163 Å². The van der Waals surface area contributed by atoms with Gasteiger partial charge in [-0.2, -0.15) is 4.98 Å². The first-order chi connectivity index (χ1) is 25.0. The van der Waals surface area contributed by atoms with E-state index in [1.54, 1.807) is 6.07 Å². The third kappa shape index (κ3) is 6.31. The fraction of sp³-hybridized carbons (Fsp3) is 0.0930. The smallest absolute Gasteiger partial charge is 0.341 e. The van der Waals surface area contributed by atoms with E-state index in [1.165, 1.54) is 0 Å². The number of imidazole rings is 1. The van der Waals surface area contributed by atoms with E-state index in [9.17, 15) is 10.0 Å². The highest BCUT2D eigenvalue weighted by Crippen LogP contribution is 2.42. The first-order valence-electron chi connectivity index (χ1n) is 16.7. The number of aromatic nitrogens is 2. The number of hydrogen-bond acceptors (Lipinski definition) is 6. The van der Waals surface area contributed by atoms with Crippen molar-refractivity contribution < 1.29 is 19.5 Å². The molecule has 0 radical (unpaired) electrons. The van der Waals surface area contributed by atoms with Gasteiger partial charge in [0.25, 0.3) is 6.01 Å². The normalized spacial score (nSPS) is 11.7. The third-order valence-corrected chi connectivity index (χ3v) is 8.93. The van der Waals surface area contributed by atoms with E-state index in [2.05, 4.69) is 5.16 Å². The molecule has 0 aliphatic rings. The van der Waals surface area contributed by atoms with Crippen LogP contribution in [0.25, 0.3) is 22.2 Å². The maximum atomic E-state index is 14.7. The van der Waals surface area contributed by atoms with Crippen molar-refractivity contribution in [1.29, 1.82) is 0 Å². The molecule has 0 saturated carbocycles. The Morgan fingerprint density at radius 3 is 1.84 bits per heavy atom. The van der Waals surface area contributed by atoms with Gasteiger partial charge < -0.3 is 20.4 Å². The standard InChI is InChI=1S/C43H36N4O4/c1-2-50-42-45-38-24-14-23-37(39(38)47(42)29-30-25-27-31(28-26-30)35-21-12-13-22-36(35)40(44)46-49)41(48)51-43(32-15-6-3-7-16-32,33-17-8-4-9-18-33)34-19-10-5-11-20-34/h3-28,49H,2,29H2,1H3,(H2,44,46). The van der Waals surface area contributed by atoms with Gasteiger partial charge in [0.15, 0.2) is 11.4 Å². The number of rotatable bonds is 11. The largest absolute Gasteiger partial charge is 0.465 e. The van der Waals surface area contributed by atoms with Crippen LogP contribution in [-0.2, 0) is 16.9 Å². The average Bonchev–Trinajstić information content (AvgIpc) is 3.54. The summed E-state index contributed by atoms with van der Waals surface area (Å²) in [7, 11) is 0. The fourth-order valence-corrected chi connectivity index (χ4v) is 6.59. The van der Waals surface area contributed by atoms with Gasteiger partial charge in [-0.05, 0) is 35.7 Å². The summed E-state index contributed by atoms with van der Waals surface area (Å²) < 4.78 is 14.8. The van der Waals surface area contributed by atoms with Gasteiger partial charge in [0.05, 0.1) is 29.7 Å². The topological polar surface area (TPSA) is 112 Å². The summed E-state index contributed by atoms with van der Waals surface area (Å²) in [6.07, 6.45) is 0.